The molecule has 1 aromatic carbocycles. The van der Waals surface area contributed by atoms with Crippen molar-refractivity contribution in [1.82, 2.24) is 0 Å². The molecule has 0 aromatic heterocycles. The lowest BCUT2D eigenvalue weighted by Crippen LogP contribution is -1.94. The van der Waals surface area contributed by atoms with Crippen LogP contribution in [0.1, 0.15) is 12.5 Å². The Kier molecular flexibility index (Phi) is 3.91. The minimum Gasteiger partial charge on any atom is -0.258 e. The van der Waals surface area contributed by atoms with E-state index < -0.39 is 0 Å². The predicted octanol–water partition coefficient (Wildman–Crippen LogP) is 3.45. The normalized spacial score (nSPS) is 10.3. The fraction of sp³-hybridized carbons (Fsp3) is 0.182. The Morgan fingerprint density at radius 3 is 2.67 bits per heavy atom. The van der Waals surface area contributed by atoms with Crippen LogP contribution >= 0.6 is 11.8 Å². The van der Waals surface area contributed by atoms with E-state index in [1.165, 1.54) is 11.8 Å². The molecule has 0 unspecified atom stereocenters. The van der Waals surface area contributed by atoms with E-state index in [1.54, 1.807) is 18.2 Å². The van der Waals surface area contributed by atoms with Gasteiger partial charge >= 0.3 is 0 Å². The summed E-state index contributed by atoms with van der Waals surface area (Å²) in [6, 6.07) is 5.07. The van der Waals surface area contributed by atoms with E-state index in [9.17, 15) is 10.1 Å². The van der Waals surface area contributed by atoms with Gasteiger partial charge < -0.3 is 0 Å². The van der Waals surface area contributed by atoms with Gasteiger partial charge in [-0.05, 0) is 17.9 Å². The molecular weight excluding hydrogens is 210 g/mol. The van der Waals surface area contributed by atoms with Crippen LogP contribution in [0.2, 0.25) is 0 Å². The van der Waals surface area contributed by atoms with Crippen LogP contribution in [-0.4, -0.2) is 11.2 Å². The topological polar surface area (TPSA) is 43.1 Å². The SMILES string of the molecule is C=C[C](C)c1cc(SC)cc([N+](=O)[O-])c1. The van der Waals surface area contributed by atoms with Crippen molar-refractivity contribution in [1.29, 1.82) is 0 Å². The molecule has 1 aromatic rings. The highest BCUT2D eigenvalue weighted by molar-refractivity contribution is 7.98. The molecule has 0 N–H and O–H groups in total. The maximum atomic E-state index is 10.7. The number of benzene rings is 1. The van der Waals surface area contributed by atoms with Crippen LogP contribution < -0.4 is 0 Å². The molecule has 0 atom stereocenters. The zero-order valence-electron chi connectivity index (χ0n) is 8.69. The molecule has 1 radical (unpaired) electrons. The van der Waals surface area contributed by atoms with Gasteiger partial charge in [0.2, 0.25) is 0 Å². The van der Waals surface area contributed by atoms with Crippen molar-refractivity contribution in [2.75, 3.05) is 6.26 Å². The summed E-state index contributed by atoms with van der Waals surface area (Å²) in [7, 11) is 0. The Labute approximate surface area is 93.3 Å². The molecular formula is C11H12NO2S. The van der Waals surface area contributed by atoms with Crippen molar-refractivity contribution in [3.8, 4) is 0 Å². The first-order chi connectivity index (χ1) is 7.08. The Bertz CT molecular complexity index is 390. The number of nitrogens with zero attached hydrogens (tertiary/aromatic N) is 1. The molecule has 0 heterocycles. The van der Waals surface area contributed by atoms with E-state index in [4.69, 9.17) is 0 Å². The number of rotatable bonds is 4. The molecule has 0 aliphatic rings. The fourth-order valence-corrected chi connectivity index (χ4v) is 1.64. The monoisotopic (exact) mass is 222 g/mol. The Balaban J connectivity index is 3.22. The molecule has 0 amide bonds. The Hall–Kier alpha value is -1.29. The van der Waals surface area contributed by atoms with Crippen molar-refractivity contribution < 1.29 is 4.92 Å². The minimum atomic E-state index is -0.375. The Morgan fingerprint density at radius 2 is 2.20 bits per heavy atom. The average Bonchev–Trinajstić information content (AvgIpc) is 2.27. The molecule has 0 fully saturated rings. The maximum Gasteiger partial charge on any atom is 0.270 e. The number of nitro benzene ring substituents is 1. The lowest BCUT2D eigenvalue weighted by molar-refractivity contribution is -0.385. The number of nitro groups is 1. The van der Waals surface area contributed by atoms with Crippen molar-refractivity contribution in [2.24, 2.45) is 0 Å². The molecule has 15 heavy (non-hydrogen) atoms. The third kappa shape index (κ3) is 2.83. The van der Waals surface area contributed by atoms with Crippen molar-refractivity contribution in [3.63, 3.8) is 0 Å². The zero-order chi connectivity index (χ0) is 11.4. The van der Waals surface area contributed by atoms with Gasteiger partial charge in [-0.3, -0.25) is 10.1 Å². The van der Waals surface area contributed by atoms with Crippen LogP contribution in [0.5, 0.6) is 0 Å². The molecule has 0 saturated heterocycles. The van der Waals surface area contributed by atoms with E-state index in [2.05, 4.69) is 6.58 Å². The number of hydrogen-bond donors (Lipinski definition) is 0. The van der Waals surface area contributed by atoms with Gasteiger partial charge in [0, 0.05) is 22.9 Å². The van der Waals surface area contributed by atoms with Crippen LogP contribution in [0.3, 0.4) is 0 Å². The van der Waals surface area contributed by atoms with Crippen LogP contribution in [0, 0.1) is 16.0 Å². The highest BCUT2D eigenvalue weighted by Crippen LogP contribution is 2.27. The Morgan fingerprint density at radius 1 is 1.53 bits per heavy atom. The molecule has 0 bridgehead atoms. The van der Waals surface area contributed by atoms with Crippen molar-refractivity contribution in [2.45, 2.75) is 11.8 Å². The van der Waals surface area contributed by atoms with Crippen LogP contribution in [-0.2, 0) is 0 Å². The summed E-state index contributed by atoms with van der Waals surface area (Å²) in [5.74, 6) is 0.939. The average molecular weight is 222 g/mol. The smallest absolute Gasteiger partial charge is 0.258 e. The predicted molar refractivity (Wildman–Crippen MR) is 63.1 cm³/mol. The number of hydrogen-bond acceptors (Lipinski definition) is 3. The van der Waals surface area contributed by atoms with E-state index in [1.807, 2.05) is 19.2 Å². The highest BCUT2D eigenvalue weighted by atomic mass is 32.2. The molecule has 4 heteroatoms. The summed E-state index contributed by atoms with van der Waals surface area (Å²) in [6.07, 6.45) is 3.59. The van der Waals surface area contributed by atoms with Crippen LogP contribution in [0.25, 0.3) is 0 Å². The maximum absolute atomic E-state index is 10.7. The summed E-state index contributed by atoms with van der Waals surface area (Å²) in [5.41, 5.74) is 0.974. The molecule has 0 aliphatic heterocycles. The first-order valence-electron chi connectivity index (χ1n) is 4.38. The van der Waals surface area contributed by atoms with Crippen LogP contribution in [0.15, 0.2) is 35.7 Å². The number of non-ortho nitro benzene ring substituents is 1. The molecule has 1 rings (SSSR count). The largest absolute Gasteiger partial charge is 0.270 e. The summed E-state index contributed by atoms with van der Waals surface area (Å²) < 4.78 is 0. The molecule has 3 nitrogen and oxygen atoms in total. The third-order valence-corrected chi connectivity index (χ3v) is 2.81. The quantitative estimate of drug-likeness (QED) is 0.445. The lowest BCUT2D eigenvalue weighted by atomic mass is 10.0. The summed E-state index contributed by atoms with van der Waals surface area (Å²) in [6.45, 7) is 5.54. The van der Waals surface area contributed by atoms with Gasteiger partial charge in [0.05, 0.1) is 4.92 Å². The van der Waals surface area contributed by atoms with Gasteiger partial charge in [-0.15, -0.1) is 18.3 Å². The third-order valence-electron chi connectivity index (χ3n) is 2.10. The van der Waals surface area contributed by atoms with E-state index >= 15 is 0 Å². The second-order valence-corrected chi connectivity index (χ2v) is 3.94. The van der Waals surface area contributed by atoms with Gasteiger partial charge in [0.25, 0.3) is 5.69 Å². The summed E-state index contributed by atoms with van der Waals surface area (Å²) in [4.78, 5) is 11.2. The molecule has 0 aliphatic carbocycles. The van der Waals surface area contributed by atoms with E-state index in [0.29, 0.717) is 0 Å². The first-order valence-corrected chi connectivity index (χ1v) is 5.60. The van der Waals surface area contributed by atoms with Gasteiger partial charge in [0.15, 0.2) is 0 Å². The molecule has 79 valence electrons. The van der Waals surface area contributed by atoms with Gasteiger partial charge in [-0.25, -0.2) is 0 Å². The number of thioether (sulfide) groups is 1. The second kappa shape index (κ2) is 4.98. The fourth-order valence-electron chi connectivity index (χ4n) is 1.15. The van der Waals surface area contributed by atoms with Gasteiger partial charge in [0.1, 0.15) is 0 Å². The van der Waals surface area contributed by atoms with Crippen molar-refractivity contribution >= 4 is 17.4 Å². The highest BCUT2D eigenvalue weighted by Gasteiger charge is 2.12. The van der Waals surface area contributed by atoms with Gasteiger partial charge in [-0.2, -0.15) is 0 Å². The standard InChI is InChI=1S/C11H12NO2S/c1-4-8(2)9-5-10(12(13)14)7-11(6-9)15-3/h4-7H,1H2,2-3H3. The lowest BCUT2D eigenvalue weighted by Gasteiger charge is -2.07. The first kappa shape index (κ1) is 11.8. The van der Waals surface area contributed by atoms with Crippen LogP contribution in [0.4, 0.5) is 5.69 Å². The zero-order valence-corrected chi connectivity index (χ0v) is 9.50. The van der Waals surface area contributed by atoms with Gasteiger partial charge in [-0.1, -0.05) is 13.0 Å². The molecule has 0 saturated carbocycles. The number of allylic oxidation sites excluding steroid dienone is 1. The summed E-state index contributed by atoms with van der Waals surface area (Å²) >= 11 is 1.49. The molecule has 0 spiro atoms. The summed E-state index contributed by atoms with van der Waals surface area (Å²) in [5, 5.41) is 10.7. The van der Waals surface area contributed by atoms with E-state index in [0.717, 1.165) is 16.4 Å². The van der Waals surface area contributed by atoms with E-state index in [-0.39, 0.29) is 10.6 Å². The minimum absolute atomic E-state index is 0.123. The second-order valence-electron chi connectivity index (χ2n) is 3.06. The van der Waals surface area contributed by atoms with Crippen molar-refractivity contribution in [3.05, 3.63) is 52.4 Å².